The minimum Gasteiger partial charge on any atom is -0.338 e. The van der Waals surface area contributed by atoms with Gasteiger partial charge in [-0.3, -0.25) is 4.79 Å². The maximum Gasteiger partial charge on any atom is 0.253 e. The van der Waals surface area contributed by atoms with Gasteiger partial charge in [0, 0.05) is 24.6 Å². The Morgan fingerprint density at radius 3 is 2.35 bits per heavy atom. The second-order valence-corrected chi connectivity index (χ2v) is 8.34. The summed E-state index contributed by atoms with van der Waals surface area (Å²) in [6.45, 7) is 1.73. The lowest BCUT2D eigenvalue weighted by Crippen LogP contribution is -2.30. The number of rotatable bonds is 5. The maximum absolute atomic E-state index is 12.8. The average Bonchev–Trinajstić information content (AvgIpc) is 3.12. The highest BCUT2D eigenvalue weighted by Crippen LogP contribution is 2.32. The molecular formula is C19H23N3O3S. The molecule has 3 N–H and O–H groups in total. The lowest BCUT2D eigenvalue weighted by Gasteiger charge is -2.17. The Morgan fingerprint density at radius 1 is 1.12 bits per heavy atom. The molecule has 1 aliphatic heterocycles. The Kier molecular flexibility index (Phi) is 5.41. The van der Waals surface area contributed by atoms with Crippen LogP contribution in [-0.2, 0) is 10.0 Å². The van der Waals surface area contributed by atoms with E-state index in [9.17, 15) is 13.2 Å². The molecule has 7 heteroatoms. The van der Waals surface area contributed by atoms with Crippen molar-refractivity contribution in [1.29, 1.82) is 0 Å². The van der Waals surface area contributed by atoms with Crippen molar-refractivity contribution in [2.45, 2.75) is 10.8 Å². The maximum atomic E-state index is 12.8. The Labute approximate surface area is 154 Å². The minimum absolute atomic E-state index is 0.102. The van der Waals surface area contributed by atoms with E-state index in [0.717, 1.165) is 0 Å². The van der Waals surface area contributed by atoms with E-state index in [-0.39, 0.29) is 22.6 Å². The van der Waals surface area contributed by atoms with Crippen LogP contribution in [0.5, 0.6) is 0 Å². The molecule has 0 aliphatic carbocycles. The van der Waals surface area contributed by atoms with Crippen LogP contribution in [-0.4, -0.2) is 45.9 Å². The Hall–Kier alpha value is -2.22. The third kappa shape index (κ3) is 3.65. The summed E-state index contributed by atoms with van der Waals surface area (Å²) in [5.41, 5.74) is 7.60. The van der Waals surface area contributed by atoms with Gasteiger partial charge in [-0.05, 0) is 49.3 Å². The summed E-state index contributed by atoms with van der Waals surface area (Å²) < 4.78 is 25.9. The van der Waals surface area contributed by atoms with Crippen LogP contribution in [0.4, 0.5) is 0 Å². The summed E-state index contributed by atoms with van der Waals surface area (Å²) in [4.78, 5) is 14.8. The first kappa shape index (κ1) is 18.6. The van der Waals surface area contributed by atoms with E-state index in [1.807, 2.05) is 18.2 Å². The number of likely N-dealkylation sites (tertiary alicyclic amines) is 1. The number of hydrogen-bond donors (Lipinski definition) is 2. The highest BCUT2D eigenvalue weighted by Gasteiger charge is 2.35. The van der Waals surface area contributed by atoms with Gasteiger partial charge in [0.1, 0.15) is 0 Å². The van der Waals surface area contributed by atoms with Crippen LogP contribution in [0.3, 0.4) is 0 Å². The number of benzene rings is 2. The van der Waals surface area contributed by atoms with Crippen LogP contribution >= 0.6 is 0 Å². The van der Waals surface area contributed by atoms with E-state index in [0.29, 0.717) is 25.2 Å². The molecule has 3 rings (SSSR count). The fourth-order valence-corrected chi connectivity index (χ4v) is 4.16. The van der Waals surface area contributed by atoms with Gasteiger partial charge in [0.2, 0.25) is 10.0 Å². The standard InChI is InChI=1S/C19H23N3O3S/c1-21-26(24,25)17-9-7-15(8-10-17)19(23)22-12-16(11-20)18(13-22)14-5-3-2-4-6-14/h2-10,16,18,21H,11-13,20H2,1H3/t16-,18+/m1/s1. The number of carbonyl (C=O) groups is 1. The van der Waals surface area contributed by atoms with E-state index in [2.05, 4.69) is 16.9 Å². The van der Waals surface area contributed by atoms with Gasteiger partial charge in [-0.2, -0.15) is 0 Å². The van der Waals surface area contributed by atoms with Crippen LogP contribution in [0.1, 0.15) is 21.8 Å². The van der Waals surface area contributed by atoms with Crippen molar-refractivity contribution in [3.63, 3.8) is 0 Å². The summed E-state index contributed by atoms with van der Waals surface area (Å²) in [7, 11) is -2.15. The van der Waals surface area contributed by atoms with Crippen molar-refractivity contribution in [1.82, 2.24) is 9.62 Å². The molecule has 1 amide bonds. The fraction of sp³-hybridized carbons (Fsp3) is 0.316. The Bertz CT molecular complexity index is 867. The second-order valence-electron chi connectivity index (χ2n) is 6.46. The molecule has 138 valence electrons. The van der Waals surface area contributed by atoms with E-state index in [4.69, 9.17) is 5.73 Å². The topological polar surface area (TPSA) is 92.5 Å². The molecular weight excluding hydrogens is 350 g/mol. The molecule has 1 saturated heterocycles. The molecule has 6 nitrogen and oxygen atoms in total. The monoisotopic (exact) mass is 373 g/mol. The van der Waals surface area contributed by atoms with Crippen LogP contribution in [0.25, 0.3) is 0 Å². The number of carbonyl (C=O) groups excluding carboxylic acids is 1. The number of amides is 1. The summed E-state index contributed by atoms with van der Waals surface area (Å²) in [5, 5.41) is 0. The van der Waals surface area contributed by atoms with E-state index < -0.39 is 10.0 Å². The lowest BCUT2D eigenvalue weighted by atomic mass is 9.89. The number of nitrogens with one attached hydrogen (secondary N) is 1. The molecule has 2 atom stereocenters. The van der Waals surface area contributed by atoms with Gasteiger partial charge in [0.05, 0.1) is 4.90 Å². The van der Waals surface area contributed by atoms with Gasteiger partial charge in [-0.1, -0.05) is 30.3 Å². The molecule has 1 aliphatic rings. The first-order valence-electron chi connectivity index (χ1n) is 8.54. The number of nitrogens with zero attached hydrogens (tertiary/aromatic N) is 1. The molecule has 0 radical (unpaired) electrons. The molecule has 2 aromatic rings. The third-order valence-electron chi connectivity index (χ3n) is 4.94. The first-order valence-corrected chi connectivity index (χ1v) is 10.0. The summed E-state index contributed by atoms with van der Waals surface area (Å²) in [6, 6.07) is 16.1. The SMILES string of the molecule is CNS(=O)(=O)c1ccc(C(=O)N2C[C@@H](CN)[C@H](c3ccccc3)C2)cc1. The summed E-state index contributed by atoms with van der Waals surface area (Å²) in [6.07, 6.45) is 0. The van der Waals surface area contributed by atoms with Gasteiger partial charge in [-0.15, -0.1) is 0 Å². The Balaban J connectivity index is 1.78. The minimum atomic E-state index is -3.51. The summed E-state index contributed by atoms with van der Waals surface area (Å²) >= 11 is 0. The molecule has 1 heterocycles. The van der Waals surface area contributed by atoms with Crippen LogP contribution in [0, 0.1) is 5.92 Å². The summed E-state index contributed by atoms with van der Waals surface area (Å²) in [5.74, 6) is 0.328. The van der Waals surface area contributed by atoms with Gasteiger partial charge in [0.25, 0.3) is 5.91 Å². The number of nitrogens with two attached hydrogens (primary N) is 1. The van der Waals surface area contributed by atoms with Crippen LogP contribution in [0.15, 0.2) is 59.5 Å². The highest BCUT2D eigenvalue weighted by molar-refractivity contribution is 7.89. The number of hydrogen-bond acceptors (Lipinski definition) is 4. The predicted octanol–water partition coefficient (Wildman–Crippen LogP) is 1.41. The van der Waals surface area contributed by atoms with Gasteiger partial charge < -0.3 is 10.6 Å². The van der Waals surface area contributed by atoms with Crippen molar-refractivity contribution in [3.05, 3.63) is 65.7 Å². The normalized spacial score (nSPS) is 20.3. The quantitative estimate of drug-likeness (QED) is 0.829. The highest BCUT2D eigenvalue weighted by atomic mass is 32.2. The zero-order valence-electron chi connectivity index (χ0n) is 14.6. The van der Waals surface area contributed by atoms with Crippen LogP contribution in [0.2, 0.25) is 0 Å². The van der Waals surface area contributed by atoms with E-state index in [1.165, 1.54) is 24.7 Å². The molecule has 0 unspecified atom stereocenters. The molecule has 0 aromatic heterocycles. The third-order valence-corrected chi connectivity index (χ3v) is 6.37. The van der Waals surface area contributed by atoms with Crippen molar-refractivity contribution in [2.24, 2.45) is 11.7 Å². The first-order chi connectivity index (χ1) is 12.5. The molecule has 2 aromatic carbocycles. The zero-order chi connectivity index (χ0) is 18.7. The van der Waals surface area contributed by atoms with Crippen molar-refractivity contribution >= 4 is 15.9 Å². The van der Waals surface area contributed by atoms with Gasteiger partial charge >= 0.3 is 0 Å². The largest absolute Gasteiger partial charge is 0.338 e. The van der Waals surface area contributed by atoms with E-state index in [1.54, 1.807) is 17.0 Å². The van der Waals surface area contributed by atoms with Crippen molar-refractivity contribution in [2.75, 3.05) is 26.7 Å². The second kappa shape index (κ2) is 7.57. The fourth-order valence-electron chi connectivity index (χ4n) is 3.43. The van der Waals surface area contributed by atoms with Gasteiger partial charge in [-0.25, -0.2) is 13.1 Å². The van der Waals surface area contributed by atoms with Gasteiger partial charge in [0.15, 0.2) is 0 Å². The smallest absolute Gasteiger partial charge is 0.253 e. The Morgan fingerprint density at radius 2 is 1.77 bits per heavy atom. The molecule has 0 spiro atoms. The molecule has 0 bridgehead atoms. The van der Waals surface area contributed by atoms with E-state index >= 15 is 0 Å². The van der Waals surface area contributed by atoms with Crippen molar-refractivity contribution < 1.29 is 13.2 Å². The molecule has 1 fully saturated rings. The predicted molar refractivity (Wildman–Crippen MR) is 100 cm³/mol. The average molecular weight is 373 g/mol. The number of sulfonamides is 1. The molecule has 26 heavy (non-hydrogen) atoms. The van der Waals surface area contributed by atoms with Crippen LogP contribution < -0.4 is 10.5 Å². The zero-order valence-corrected chi connectivity index (χ0v) is 15.4. The van der Waals surface area contributed by atoms with Crippen molar-refractivity contribution in [3.8, 4) is 0 Å². The molecule has 0 saturated carbocycles. The lowest BCUT2D eigenvalue weighted by molar-refractivity contribution is 0.0786.